The van der Waals surface area contributed by atoms with Gasteiger partial charge in [0, 0.05) is 14.0 Å². The molecule has 1 aromatic carbocycles. The van der Waals surface area contributed by atoms with Crippen LogP contribution in [0.4, 0.5) is 5.69 Å². The van der Waals surface area contributed by atoms with Crippen LogP contribution in [0.2, 0.25) is 10.0 Å². The van der Waals surface area contributed by atoms with E-state index in [1.165, 1.54) is 11.8 Å². The summed E-state index contributed by atoms with van der Waals surface area (Å²) in [5.41, 5.74) is 0.554. The number of carbonyl (C=O) groups excluding carboxylic acids is 1. The van der Waals surface area contributed by atoms with Gasteiger partial charge in [-0.05, 0) is 12.1 Å². The Bertz CT molecular complexity index is 318. The van der Waals surface area contributed by atoms with Gasteiger partial charge in [-0.25, -0.2) is 0 Å². The number of para-hydroxylation sites is 1. The fourth-order valence-electron chi connectivity index (χ4n) is 0.967. The standard InChI is InChI=1S/C9H9Cl2NO/c1-6(13)12(2)9-7(10)4-3-5-8(9)11/h3-5H,1-2H3. The summed E-state index contributed by atoms with van der Waals surface area (Å²) in [4.78, 5) is 12.5. The van der Waals surface area contributed by atoms with Gasteiger partial charge < -0.3 is 4.90 Å². The van der Waals surface area contributed by atoms with Crippen LogP contribution in [-0.2, 0) is 4.79 Å². The second kappa shape index (κ2) is 3.99. The smallest absolute Gasteiger partial charge is 0.223 e. The van der Waals surface area contributed by atoms with Crippen molar-refractivity contribution in [3.63, 3.8) is 0 Å². The van der Waals surface area contributed by atoms with Gasteiger partial charge in [0.2, 0.25) is 5.91 Å². The highest BCUT2D eigenvalue weighted by atomic mass is 35.5. The van der Waals surface area contributed by atoms with Crippen LogP contribution in [0.25, 0.3) is 0 Å². The minimum absolute atomic E-state index is 0.102. The quantitative estimate of drug-likeness (QED) is 0.709. The molecule has 0 saturated heterocycles. The van der Waals surface area contributed by atoms with Crippen LogP contribution in [0.15, 0.2) is 18.2 Å². The van der Waals surface area contributed by atoms with Crippen molar-refractivity contribution < 1.29 is 4.79 Å². The molecule has 1 rings (SSSR count). The van der Waals surface area contributed by atoms with E-state index in [1.54, 1.807) is 25.2 Å². The van der Waals surface area contributed by atoms with E-state index in [2.05, 4.69) is 0 Å². The molecule has 4 heteroatoms. The molecule has 13 heavy (non-hydrogen) atoms. The number of benzene rings is 1. The number of amides is 1. The lowest BCUT2D eigenvalue weighted by Crippen LogP contribution is -2.23. The van der Waals surface area contributed by atoms with Crippen LogP contribution in [0.1, 0.15) is 6.92 Å². The largest absolute Gasteiger partial charge is 0.313 e. The monoisotopic (exact) mass is 217 g/mol. The first-order valence-electron chi connectivity index (χ1n) is 3.72. The van der Waals surface area contributed by atoms with Crippen LogP contribution < -0.4 is 4.90 Å². The first-order valence-corrected chi connectivity index (χ1v) is 4.48. The van der Waals surface area contributed by atoms with Gasteiger partial charge in [-0.2, -0.15) is 0 Å². The van der Waals surface area contributed by atoms with Gasteiger partial charge in [-0.1, -0.05) is 29.3 Å². The number of nitrogens with zero attached hydrogens (tertiary/aromatic N) is 1. The Labute approximate surface area is 87.1 Å². The van der Waals surface area contributed by atoms with Crippen molar-refractivity contribution in [2.75, 3.05) is 11.9 Å². The highest BCUT2D eigenvalue weighted by molar-refractivity contribution is 6.39. The minimum atomic E-state index is -0.102. The first-order chi connectivity index (χ1) is 6.04. The molecule has 0 unspecified atom stereocenters. The van der Waals surface area contributed by atoms with Crippen molar-refractivity contribution >= 4 is 34.8 Å². The maximum atomic E-state index is 11.1. The molecule has 0 spiro atoms. The van der Waals surface area contributed by atoms with Crippen LogP contribution in [-0.4, -0.2) is 13.0 Å². The van der Waals surface area contributed by atoms with Gasteiger partial charge in [0.25, 0.3) is 0 Å². The Hall–Kier alpha value is -0.730. The second-order valence-corrected chi connectivity index (χ2v) is 3.46. The van der Waals surface area contributed by atoms with Crippen molar-refractivity contribution in [2.45, 2.75) is 6.92 Å². The summed E-state index contributed by atoms with van der Waals surface area (Å²) in [5.74, 6) is -0.102. The topological polar surface area (TPSA) is 20.3 Å². The maximum absolute atomic E-state index is 11.1. The lowest BCUT2D eigenvalue weighted by atomic mass is 10.3. The number of hydrogen-bond acceptors (Lipinski definition) is 1. The van der Waals surface area contributed by atoms with Crippen LogP contribution in [0.3, 0.4) is 0 Å². The van der Waals surface area contributed by atoms with Gasteiger partial charge in [0.05, 0.1) is 15.7 Å². The molecular weight excluding hydrogens is 209 g/mol. The molecule has 70 valence electrons. The molecule has 0 N–H and O–H groups in total. The third-order valence-corrected chi connectivity index (χ3v) is 2.36. The Morgan fingerprint density at radius 2 is 1.77 bits per heavy atom. The van der Waals surface area contributed by atoms with E-state index >= 15 is 0 Å². The van der Waals surface area contributed by atoms with E-state index in [4.69, 9.17) is 23.2 Å². The molecule has 0 aromatic heterocycles. The van der Waals surface area contributed by atoms with Crippen molar-refractivity contribution in [1.29, 1.82) is 0 Å². The molecule has 0 aliphatic carbocycles. The number of anilines is 1. The fourth-order valence-corrected chi connectivity index (χ4v) is 1.62. The van der Waals surface area contributed by atoms with E-state index in [1.807, 2.05) is 0 Å². The summed E-state index contributed by atoms with van der Waals surface area (Å²) < 4.78 is 0. The van der Waals surface area contributed by atoms with E-state index in [0.717, 1.165) is 0 Å². The van der Waals surface area contributed by atoms with E-state index in [0.29, 0.717) is 15.7 Å². The van der Waals surface area contributed by atoms with Gasteiger partial charge in [-0.15, -0.1) is 0 Å². The van der Waals surface area contributed by atoms with E-state index in [-0.39, 0.29) is 5.91 Å². The molecule has 0 radical (unpaired) electrons. The third-order valence-electron chi connectivity index (χ3n) is 1.75. The molecule has 0 saturated carbocycles. The average Bonchev–Trinajstić information content (AvgIpc) is 2.03. The molecule has 0 aliphatic heterocycles. The zero-order chi connectivity index (χ0) is 10.0. The predicted molar refractivity (Wildman–Crippen MR) is 55.5 cm³/mol. The molecule has 0 aliphatic rings. The number of rotatable bonds is 1. The maximum Gasteiger partial charge on any atom is 0.223 e. The zero-order valence-corrected chi connectivity index (χ0v) is 8.86. The van der Waals surface area contributed by atoms with Crippen molar-refractivity contribution in [3.8, 4) is 0 Å². The Balaban J connectivity index is 3.20. The lowest BCUT2D eigenvalue weighted by molar-refractivity contribution is -0.116. The van der Waals surface area contributed by atoms with E-state index < -0.39 is 0 Å². The molecule has 1 aromatic rings. The molecule has 0 atom stereocenters. The van der Waals surface area contributed by atoms with Gasteiger partial charge in [0.15, 0.2) is 0 Å². The average molecular weight is 218 g/mol. The molecule has 0 fully saturated rings. The second-order valence-electron chi connectivity index (χ2n) is 2.65. The predicted octanol–water partition coefficient (Wildman–Crippen LogP) is 2.98. The van der Waals surface area contributed by atoms with Crippen LogP contribution >= 0.6 is 23.2 Å². The van der Waals surface area contributed by atoms with Crippen molar-refractivity contribution in [3.05, 3.63) is 28.2 Å². The normalized spacial score (nSPS) is 9.85. The molecule has 1 amide bonds. The SMILES string of the molecule is CC(=O)N(C)c1c(Cl)cccc1Cl. The highest BCUT2D eigenvalue weighted by Crippen LogP contribution is 2.32. The minimum Gasteiger partial charge on any atom is -0.313 e. The van der Waals surface area contributed by atoms with E-state index in [9.17, 15) is 4.79 Å². The first kappa shape index (κ1) is 10.4. The number of halogens is 2. The molecule has 0 bridgehead atoms. The molecule has 2 nitrogen and oxygen atoms in total. The Morgan fingerprint density at radius 3 is 2.15 bits per heavy atom. The summed E-state index contributed by atoms with van der Waals surface area (Å²) in [6.45, 7) is 1.46. The molecular formula is C9H9Cl2NO. The highest BCUT2D eigenvalue weighted by Gasteiger charge is 2.12. The van der Waals surface area contributed by atoms with Crippen LogP contribution in [0.5, 0.6) is 0 Å². The van der Waals surface area contributed by atoms with Crippen LogP contribution in [0, 0.1) is 0 Å². The van der Waals surface area contributed by atoms with Crippen molar-refractivity contribution in [2.24, 2.45) is 0 Å². The lowest BCUT2D eigenvalue weighted by Gasteiger charge is -2.17. The van der Waals surface area contributed by atoms with Crippen molar-refractivity contribution in [1.82, 2.24) is 0 Å². The van der Waals surface area contributed by atoms with Gasteiger partial charge >= 0.3 is 0 Å². The summed E-state index contributed by atoms with van der Waals surface area (Å²) in [5, 5.41) is 0.954. The number of hydrogen-bond donors (Lipinski definition) is 0. The fraction of sp³-hybridized carbons (Fsp3) is 0.222. The summed E-state index contributed by atoms with van der Waals surface area (Å²) in [7, 11) is 1.63. The Kier molecular flexibility index (Phi) is 3.17. The summed E-state index contributed by atoms with van der Waals surface area (Å²) in [6.07, 6.45) is 0. The zero-order valence-electron chi connectivity index (χ0n) is 7.34. The third kappa shape index (κ3) is 2.14. The Morgan fingerprint density at radius 1 is 1.31 bits per heavy atom. The summed E-state index contributed by atoms with van der Waals surface area (Å²) >= 11 is 11.8. The molecule has 0 heterocycles. The summed E-state index contributed by atoms with van der Waals surface area (Å²) in [6, 6.07) is 5.13. The van der Waals surface area contributed by atoms with Gasteiger partial charge in [0.1, 0.15) is 0 Å². The van der Waals surface area contributed by atoms with Gasteiger partial charge in [-0.3, -0.25) is 4.79 Å². The number of carbonyl (C=O) groups is 1.